The molecule has 1 saturated carbocycles. The summed E-state index contributed by atoms with van der Waals surface area (Å²) in [5, 5.41) is 4.17. The van der Waals surface area contributed by atoms with E-state index in [9.17, 15) is 13.2 Å². The summed E-state index contributed by atoms with van der Waals surface area (Å²) < 4.78 is 29.9. The van der Waals surface area contributed by atoms with E-state index < -0.39 is 21.3 Å². The number of aryl methyl sites for hydroxylation is 1. The second-order valence-corrected chi connectivity index (χ2v) is 10.3. The molecule has 4 rings (SSSR count). The average molecular weight is 388 g/mol. The molecule has 2 aromatic rings. The van der Waals surface area contributed by atoms with E-state index in [2.05, 4.69) is 18.9 Å². The van der Waals surface area contributed by atoms with Gasteiger partial charge in [0.25, 0.3) is 0 Å². The van der Waals surface area contributed by atoms with Crippen LogP contribution in [0.15, 0.2) is 41.6 Å². The van der Waals surface area contributed by atoms with Crippen molar-refractivity contribution in [2.75, 3.05) is 13.1 Å². The Morgan fingerprint density at radius 1 is 1.33 bits per heavy atom. The Labute approximate surface area is 159 Å². The van der Waals surface area contributed by atoms with Gasteiger partial charge in [-0.3, -0.25) is 4.79 Å². The number of fused-ring (bicyclic) bond motifs is 1. The fourth-order valence-electron chi connectivity index (χ4n) is 4.94. The van der Waals surface area contributed by atoms with Gasteiger partial charge in [-0.15, -0.1) is 0 Å². The molecule has 2 atom stereocenters. The lowest BCUT2D eigenvalue weighted by Gasteiger charge is -2.54. The first-order valence-electron chi connectivity index (χ1n) is 8.99. The highest BCUT2D eigenvalue weighted by Crippen LogP contribution is 2.63. The van der Waals surface area contributed by atoms with E-state index in [1.54, 1.807) is 42.2 Å². The van der Waals surface area contributed by atoms with Crippen molar-refractivity contribution < 1.29 is 13.2 Å². The summed E-state index contributed by atoms with van der Waals surface area (Å²) in [6.07, 6.45) is 4.03. The van der Waals surface area contributed by atoms with Gasteiger partial charge in [-0.25, -0.2) is 13.1 Å². The highest BCUT2D eigenvalue weighted by atomic mass is 32.2. The van der Waals surface area contributed by atoms with E-state index in [0.717, 1.165) is 0 Å². The Hall–Kier alpha value is -2.19. The first-order chi connectivity index (χ1) is 12.6. The molecular weight excluding hydrogens is 364 g/mol. The van der Waals surface area contributed by atoms with Crippen molar-refractivity contribution in [2.45, 2.75) is 32.1 Å². The Morgan fingerprint density at radius 3 is 2.63 bits per heavy atom. The van der Waals surface area contributed by atoms with Crippen LogP contribution in [0.5, 0.6) is 0 Å². The molecule has 1 aliphatic carbocycles. The van der Waals surface area contributed by atoms with Crippen LogP contribution in [-0.2, 0) is 14.8 Å². The summed E-state index contributed by atoms with van der Waals surface area (Å²) in [6, 6.07) is 7.04. The first kappa shape index (κ1) is 18.2. The molecule has 2 aliphatic rings. The zero-order chi connectivity index (χ0) is 19.6. The summed E-state index contributed by atoms with van der Waals surface area (Å²) in [4.78, 5) is 12.4. The van der Waals surface area contributed by atoms with Crippen LogP contribution in [0.25, 0.3) is 5.69 Å². The summed E-state index contributed by atoms with van der Waals surface area (Å²) in [5.74, 6) is -0.446. The van der Waals surface area contributed by atoms with Crippen LogP contribution in [0.2, 0.25) is 0 Å². The monoisotopic (exact) mass is 388 g/mol. The highest BCUT2D eigenvalue weighted by molar-refractivity contribution is 7.89. The van der Waals surface area contributed by atoms with Crippen LogP contribution in [0, 0.1) is 23.7 Å². The molecule has 0 bridgehead atoms. The number of primary amides is 1. The maximum atomic E-state index is 13.4. The number of hydrogen-bond acceptors (Lipinski definition) is 4. The largest absolute Gasteiger partial charge is 0.369 e. The molecule has 1 saturated heterocycles. The van der Waals surface area contributed by atoms with Gasteiger partial charge in [0.2, 0.25) is 15.9 Å². The van der Waals surface area contributed by atoms with Crippen LogP contribution in [0.1, 0.15) is 25.8 Å². The van der Waals surface area contributed by atoms with E-state index in [1.165, 1.54) is 4.31 Å². The van der Waals surface area contributed by atoms with E-state index in [4.69, 9.17) is 5.73 Å². The predicted molar refractivity (Wildman–Crippen MR) is 101 cm³/mol. The number of nitrogens with two attached hydrogens (primary N) is 1. The van der Waals surface area contributed by atoms with Gasteiger partial charge < -0.3 is 5.73 Å². The molecule has 2 N–H and O–H groups in total. The number of sulfonamides is 1. The second kappa shape index (κ2) is 5.65. The molecule has 27 heavy (non-hydrogen) atoms. The fraction of sp³-hybridized carbons (Fsp3) is 0.474. The topological polar surface area (TPSA) is 98.3 Å². The van der Waals surface area contributed by atoms with Crippen molar-refractivity contribution in [3.63, 3.8) is 0 Å². The van der Waals surface area contributed by atoms with Crippen molar-refractivity contribution in [3.05, 3.63) is 42.2 Å². The molecule has 0 radical (unpaired) electrons. The molecule has 2 fully saturated rings. The minimum atomic E-state index is -3.75. The van der Waals surface area contributed by atoms with Gasteiger partial charge in [0, 0.05) is 25.5 Å². The number of amides is 1. The van der Waals surface area contributed by atoms with Crippen molar-refractivity contribution in [1.82, 2.24) is 14.1 Å². The Kier molecular flexibility index (Phi) is 3.81. The second-order valence-electron chi connectivity index (χ2n) is 8.44. The van der Waals surface area contributed by atoms with E-state index in [0.29, 0.717) is 24.2 Å². The lowest BCUT2D eigenvalue weighted by molar-refractivity contribution is -0.148. The quantitative estimate of drug-likeness (QED) is 0.862. The van der Waals surface area contributed by atoms with Crippen molar-refractivity contribution in [2.24, 2.45) is 22.5 Å². The van der Waals surface area contributed by atoms with Crippen LogP contribution in [0.4, 0.5) is 0 Å². The van der Waals surface area contributed by atoms with Gasteiger partial charge >= 0.3 is 0 Å². The van der Waals surface area contributed by atoms with Crippen molar-refractivity contribution in [3.8, 4) is 5.69 Å². The molecule has 0 spiro atoms. The maximum Gasteiger partial charge on any atom is 0.243 e. The Morgan fingerprint density at radius 2 is 2.07 bits per heavy atom. The molecule has 1 aromatic heterocycles. The number of nitrogens with zero attached hydrogens (tertiary/aromatic N) is 3. The molecule has 1 aromatic carbocycles. The maximum absolute atomic E-state index is 13.4. The van der Waals surface area contributed by atoms with Crippen LogP contribution < -0.4 is 5.73 Å². The van der Waals surface area contributed by atoms with E-state index in [-0.39, 0.29) is 22.8 Å². The van der Waals surface area contributed by atoms with Gasteiger partial charge in [-0.05, 0) is 48.4 Å². The fourth-order valence-corrected chi connectivity index (χ4v) is 6.71. The minimum absolute atomic E-state index is 0.0492. The van der Waals surface area contributed by atoms with Crippen LogP contribution >= 0.6 is 0 Å². The third kappa shape index (κ3) is 2.54. The zero-order valence-electron chi connectivity index (χ0n) is 15.7. The molecule has 0 unspecified atom stereocenters. The van der Waals surface area contributed by atoms with Crippen molar-refractivity contribution >= 4 is 15.9 Å². The smallest absolute Gasteiger partial charge is 0.243 e. The van der Waals surface area contributed by atoms with Gasteiger partial charge in [-0.1, -0.05) is 19.9 Å². The summed E-state index contributed by atoms with van der Waals surface area (Å²) >= 11 is 0. The van der Waals surface area contributed by atoms with E-state index >= 15 is 0 Å². The predicted octanol–water partition coefficient (Wildman–Crippen LogP) is 1.70. The van der Waals surface area contributed by atoms with Crippen molar-refractivity contribution in [1.29, 1.82) is 0 Å². The Balaban J connectivity index is 1.73. The lowest BCUT2D eigenvalue weighted by atomic mass is 9.48. The SMILES string of the molecule is Cc1ccc(-n2cccn2)cc1S(=O)(=O)N1C[C@@H]2C(C)(C)C[C@]2(C(N)=O)C1. The van der Waals surface area contributed by atoms with Gasteiger partial charge in [-0.2, -0.15) is 9.40 Å². The molecule has 2 heterocycles. The molecule has 144 valence electrons. The highest BCUT2D eigenvalue weighted by Gasteiger charge is 2.67. The zero-order valence-corrected chi connectivity index (χ0v) is 16.5. The summed E-state index contributed by atoms with van der Waals surface area (Å²) in [5.41, 5.74) is 6.19. The number of hydrogen-bond donors (Lipinski definition) is 1. The number of carbonyl (C=O) groups is 1. The minimum Gasteiger partial charge on any atom is -0.369 e. The van der Waals surface area contributed by atoms with Gasteiger partial charge in [0.05, 0.1) is 16.0 Å². The average Bonchev–Trinajstić information content (AvgIpc) is 3.22. The Bertz CT molecular complexity index is 1010. The number of carbonyl (C=O) groups excluding carboxylic acids is 1. The number of benzene rings is 1. The molecule has 8 heteroatoms. The number of aromatic nitrogens is 2. The van der Waals surface area contributed by atoms with Gasteiger partial charge in [0.1, 0.15) is 0 Å². The van der Waals surface area contributed by atoms with E-state index in [1.807, 2.05) is 6.07 Å². The molecule has 7 nitrogen and oxygen atoms in total. The third-order valence-corrected chi connectivity index (χ3v) is 8.23. The first-order valence-corrected chi connectivity index (χ1v) is 10.4. The summed E-state index contributed by atoms with van der Waals surface area (Å²) in [6.45, 7) is 6.39. The summed E-state index contributed by atoms with van der Waals surface area (Å²) in [7, 11) is -3.75. The number of rotatable bonds is 4. The standard InChI is InChI=1S/C19H24N4O3S/c1-13-5-6-14(23-8-4-7-21-23)9-15(13)27(25,26)22-10-16-18(2,3)11-19(16,12-22)17(20)24/h4-9,16H,10-12H2,1-3H3,(H2,20,24)/t16-,19+/m1/s1. The normalized spacial score (nSPS) is 27.1. The third-order valence-electron chi connectivity index (χ3n) is 6.28. The van der Waals surface area contributed by atoms with Crippen LogP contribution in [-0.4, -0.2) is 41.5 Å². The lowest BCUT2D eigenvalue weighted by Crippen LogP contribution is -2.59. The van der Waals surface area contributed by atoms with Gasteiger partial charge in [0.15, 0.2) is 0 Å². The molecule has 1 aliphatic heterocycles. The van der Waals surface area contributed by atoms with Crippen LogP contribution in [0.3, 0.4) is 0 Å². The molecular formula is C19H24N4O3S. The molecule has 1 amide bonds.